The van der Waals surface area contributed by atoms with Gasteiger partial charge in [0.2, 0.25) is 0 Å². The Morgan fingerprint density at radius 3 is 1.85 bits per heavy atom. The van der Waals surface area contributed by atoms with Crippen molar-refractivity contribution in [2.45, 2.75) is 218 Å². The van der Waals surface area contributed by atoms with Gasteiger partial charge in [0, 0.05) is 37.6 Å². The van der Waals surface area contributed by atoms with Gasteiger partial charge in [-0.15, -0.1) is 0 Å². The van der Waals surface area contributed by atoms with E-state index in [0.29, 0.717) is 32.1 Å². The molecule has 0 aromatic rings. The van der Waals surface area contributed by atoms with Gasteiger partial charge in [-0.2, -0.15) is 0 Å². The predicted molar refractivity (Wildman–Crippen MR) is 239 cm³/mol. The Kier molecular flexibility index (Phi) is 35.2. The summed E-state index contributed by atoms with van der Waals surface area (Å²) in [6.07, 6.45) is 34.3. The molecule has 1 fully saturated rings. The van der Waals surface area contributed by atoms with Gasteiger partial charge in [0.25, 0.3) is 0 Å². The van der Waals surface area contributed by atoms with E-state index >= 15 is 0 Å². The number of ether oxygens (including phenoxy) is 2. The van der Waals surface area contributed by atoms with Gasteiger partial charge in [-0.05, 0) is 32.1 Å². The third kappa shape index (κ3) is 31.0. The van der Waals surface area contributed by atoms with Crippen molar-refractivity contribution in [2.75, 3.05) is 26.4 Å². The summed E-state index contributed by atoms with van der Waals surface area (Å²) in [6.45, 7) is 3.35. The number of allylic oxidation sites excluding steroid dienone is 2. The Hall–Kier alpha value is -1.92. The van der Waals surface area contributed by atoms with Gasteiger partial charge in [0.15, 0.2) is 6.10 Å². The second-order valence-electron chi connectivity index (χ2n) is 16.8. The van der Waals surface area contributed by atoms with Crippen LogP contribution in [0, 0.1) is 11.8 Å². The number of phosphoric ester groups is 1. The van der Waals surface area contributed by atoms with E-state index in [1.807, 2.05) is 12.2 Å². The van der Waals surface area contributed by atoms with Crippen molar-refractivity contribution in [1.29, 1.82) is 0 Å². The van der Waals surface area contributed by atoms with E-state index in [1.165, 1.54) is 96.3 Å². The molecule has 350 valence electrons. The highest BCUT2D eigenvalue weighted by molar-refractivity contribution is 7.47. The van der Waals surface area contributed by atoms with Crippen molar-refractivity contribution in [2.24, 2.45) is 17.6 Å². The van der Waals surface area contributed by atoms with Crippen LogP contribution in [0.4, 0.5) is 0 Å². The molecule has 12 nitrogen and oxygen atoms in total. The number of hydrogen-bond donors (Lipinski definition) is 4. The first-order chi connectivity index (χ1) is 29.0. The van der Waals surface area contributed by atoms with E-state index in [2.05, 4.69) is 13.8 Å². The number of ketones is 1. The molecule has 0 amide bonds. The van der Waals surface area contributed by atoms with E-state index in [-0.39, 0.29) is 56.6 Å². The summed E-state index contributed by atoms with van der Waals surface area (Å²) in [6, 6.07) is 0. The zero-order chi connectivity index (χ0) is 44.1. The van der Waals surface area contributed by atoms with Crippen molar-refractivity contribution in [3.05, 3.63) is 24.3 Å². The predicted octanol–water partition coefficient (Wildman–Crippen LogP) is 10.5. The molecular weight excluding hydrogens is 785 g/mol. The number of carbonyl (C=O) groups is 3. The number of Topliss-reactive ketones (excluding diaryl/α,β-unsaturated/α-hetero) is 1. The Morgan fingerprint density at radius 2 is 1.28 bits per heavy atom. The molecule has 1 aliphatic carbocycles. The minimum Gasteiger partial charge on any atom is -0.462 e. The number of aliphatic hydroxyl groups excluding tert-OH is 2. The fraction of sp³-hybridized carbons (Fsp3) is 0.851. The standard InChI is InChI=1S/C47H86NO11P/c1-3-5-7-8-9-10-11-12-13-14-15-16-17-18-19-20-21-22-28-32-47(53)59-41(39-58-60(54,55)57-36-35-48)38-56-46(52)31-27-24-23-26-30-42-43(45(51)37-44(42)50)34-33-40(49)29-25-6-4-2/h23,26,33-34,40-43,45,49,51H,3-22,24-25,27-32,35-39,48H2,1-2H3,(H,54,55)/b26-23-,34-33+/t40-,41+,42+,43+,45+/m0/s1. The van der Waals surface area contributed by atoms with Crippen LogP contribution in [-0.4, -0.2) is 77.5 Å². The molecule has 1 aliphatic rings. The molecule has 0 aliphatic heterocycles. The van der Waals surface area contributed by atoms with Gasteiger partial charge < -0.3 is 30.3 Å². The number of unbranched alkanes of at least 4 members (excludes halogenated alkanes) is 21. The molecular formula is C47H86NO11P. The van der Waals surface area contributed by atoms with Crippen LogP contribution in [0.3, 0.4) is 0 Å². The molecule has 0 saturated heterocycles. The topological polar surface area (TPSA) is 192 Å². The first-order valence-corrected chi connectivity index (χ1v) is 25.4. The minimum absolute atomic E-state index is 0.000781. The normalized spacial score (nSPS) is 19.0. The first kappa shape index (κ1) is 56.1. The number of hydrogen-bond acceptors (Lipinski definition) is 11. The first-order valence-electron chi connectivity index (χ1n) is 23.9. The lowest BCUT2D eigenvalue weighted by atomic mass is 9.90. The van der Waals surface area contributed by atoms with Gasteiger partial charge in [-0.3, -0.25) is 23.4 Å². The summed E-state index contributed by atoms with van der Waals surface area (Å²) >= 11 is 0. The molecule has 60 heavy (non-hydrogen) atoms. The van der Waals surface area contributed by atoms with Crippen LogP contribution in [0.5, 0.6) is 0 Å². The minimum atomic E-state index is -4.44. The van der Waals surface area contributed by atoms with Crippen molar-refractivity contribution in [3.8, 4) is 0 Å². The molecule has 0 aromatic carbocycles. The lowest BCUT2D eigenvalue weighted by Crippen LogP contribution is -2.29. The fourth-order valence-corrected chi connectivity index (χ4v) is 8.32. The SMILES string of the molecule is CCCCCCCCCCCCCCCCCCCCCC(=O)O[C@H](COC(=O)CCC/C=C\C[C@H]1C(=O)C[C@@H](O)[C@@H]1/C=C/[C@@H](O)CCCCC)COP(=O)(O)OCCN. The average Bonchev–Trinajstić information content (AvgIpc) is 3.49. The van der Waals surface area contributed by atoms with E-state index in [1.54, 1.807) is 12.2 Å². The Labute approximate surface area is 363 Å². The maximum Gasteiger partial charge on any atom is 0.472 e. The zero-order valence-electron chi connectivity index (χ0n) is 37.7. The van der Waals surface area contributed by atoms with Crippen molar-refractivity contribution < 1.29 is 52.6 Å². The number of nitrogens with two attached hydrogens (primary N) is 1. The van der Waals surface area contributed by atoms with Crippen molar-refractivity contribution in [1.82, 2.24) is 0 Å². The third-order valence-electron chi connectivity index (χ3n) is 11.2. The molecule has 0 aromatic heterocycles. The summed E-state index contributed by atoms with van der Waals surface area (Å²) in [5.74, 6) is -1.72. The van der Waals surface area contributed by atoms with Gasteiger partial charge in [0.1, 0.15) is 12.4 Å². The second kappa shape index (κ2) is 37.6. The fourth-order valence-electron chi connectivity index (χ4n) is 7.56. The van der Waals surface area contributed by atoms with E-state index < -0.39 is 44.7 Å². The number of carbonyl (C=O) groups excluding carboxylic acids is 3. The molecule has 6 atom stereocenters. The summed E-state index contributed by atoms with van der Waals surface area (Å²) in [4.78, 5) is 47.7. The molecule has 0 spiro atoms. The summed E-state index contributed by atoms with van der Waals surface area (Å²) < 4.78 is 32.8. The number of phosphoric acid groups is 1. The second-order valence-corrected chi connectivity index (χ2v) is 18.2. The molecule has 1 saturated carbocycles. The van der Waals surface area contributed by atoms with Gasteiger partial charge in [-0.25, -0.2) is 4.57 Å². The maximum absolute atomic E-state index is 12.7. The summed E-state index contributed by atoms with van der Waals surface area (Å²) in [5.41, 5.74) is 5.35. The van der Waals surface area contributed by atoms with E-state index in [4.69, 9.17) is 24.3 Å². The van der Waals surface area contributed by atoms with Crippen LogP contribution in [0.2, 0.25) is 0 Å². The van der Waals surface area contributed by atoms with Crippen LogP contribution in [0.1, 0.15) is 200 Å². The molecule has 0 radical (unpaired) electrons. The number of rotatable bonds is 41. The average molecular weight is 872 g/mol. The largest absolute Gasteiger partial charge is 0.472 e. The maximum atomic E-state index is 12.7. The zero-order valence-corrected chi connectivity index (χ0v) is 38.6. The molecule has 0 heterocycles. The van der Waals surface area contributed by atoms with E-state index in [9.17, 15) is 34.1 Å². The van der Waals surface area contributed by atoms with Crippen molar-refractivity contribution >= 4 is 25.5 Å². The monoisotopic (exact) mass is 872 g/mol. The van der Waals surface area contributed by atoms with Gasteiger partial charge in [0.05, 0.1) is 25.4 Å². The molecule has 1 unspecified atom stereocenters. The highest BCUT2D eigenvalue weighted by atomic mass is 31.2. The molecule has 13 heteroatoms. The Balaban J connectivity index is 2.33. The van der Waals surface area contributed by atoms with Gasteiger partial charge in [-0.1, -0.05) is 173 Å². The quantitative estimate of drug-likeness (QED) is 0.0197. The summed E-state index contributed by atoms with van der Waals surface area (Å²) in [7, 11) is -4.44. The molecule has 1 rings (SSSR count). The van der Waals surface area contributed by atoms with Crippen LogP contribution < -0.4 is 5.73 Å². The highest BCUT2D eigenvalue weighted by Crippen LogP contribution is 2.43. The van der Waals surface area contributed by atoms with Crippen molar-refractivity contribution in [3.63, 3.8) is 0 Å². The third-order valence-corrected chi connectivity index (χ3v) is 12.2. The summed E-state index contributed by atoms with van der Waals surface area (Å²) in [5, 5.41) is 20.7. The van der Waals surface area contributed by atoms with Crippen LogP contribution in [0.25, 0.3) is 0 Å². The van der Waals surface area contributed by atoms with Crippen LogP contribution in [-0.2, 0) is 37.5 Å². The number of aliphatic hydroxyl groups is 2. The Morgan fingerprint density at radius 1 is 0.750 bits per heavy atom. The smallest absolute Gasteiger partial charge is 0.462 e. The number of esters is 2. The lowest BCUT2D eigenvalue weighted by molar-refractivity contribution is -0.161. The highest BCUT2D eigenvalue weighted by Gasteiger charge is 2.39. The van der Waals surface area contributed by atoms with Gasteiger partial charge >= 0.3 is 19.8 Å². The lowest BCUT2D eigenvalue weighted by Gasteiger charge is -2.19. The van der Waals surface area contributed by atoms with Crippen LogP contribution in [0.15, 0.2) is 24.3 Å². The molecule has 0 bridgehead atoms. The Bertz CT molecular complexity index is 1200. The van der Waals surface area contributed by atoms with Crippen LogP contribution >= 0.6 is 7.82 Å². The van der Waals surface area contributed by atoms with E-state index in [0.717, 1.165) is 38.5 Å². The molecule has 5 N–H and O–H groups in total.